The Hall–Kier alpha value is -1.97. The van der Waals surface area contributed by atoms with Gasteiger partial charge in [0.25, 0.3) is 5.69 Å². The van der Waals surface area contributed by atoms with Crippen molar-refractivity contribution in [1.29, 1.82) is 0 Å². The van der Waals surface area contributed by atoms with Crippen LogP contribution in [0.5, 0.6) is 0 Å². The lowest BCUT2D eigenvalue weighted by atomic mass is 9.63. The lowest BCUT2D eigenvalue weighted by Gasteiger charge is -2.44. The number of rotatable bonds is 3. The minimum absolute atomic E-state index is 0.139. The van der Waals surface area contributed by atoms with Gasteiger partial charge in [0.2, 0.25) is 0 Å². The Bertz CT molecular complexity index is 707. The van der Waals surface area contributed by atoms with Crippen LogP contribution in [0.2, 0.25) is 0 Å². The molecule has 0 N–H and O–H groups in total. The van der Waals surface area contributed by atoms with Crippen molar-refractivity contribution in [3.63, 3.8) is 0 Å². The number of fused-ring (bicyclic) bond motifs is 3. The van der Waals surface area contributed by atoms with Gasteiger partial charge in [-0.1, -0.05) is 29.7 Å². The second-order valence-corrected chi connectivity index (χ2v) is 7.46. The summed E-state index contributed by atoms with van der Waals surface area (Å²) in [5.41, 5.74) is 4.45. The Morgan fingerprint density at radius 3 is 2.92 bits per heavy atom. The van der Waals surface area contributed by atoms with Gasteiger partial charge in [-0.2, -0.15) is 0 Å². The molecular weight excluding hydrogens is 300 g/mol. The van der Waals surface area contributed by atoms with Crippen molar-refractivity contribution >= 4 is 11.9 Å². The van der Waals surface area contributed by atoms with Crippen molar-refractivity contribution in [2.24, 2.45) is 16.8 Å². The van der Waals surface area contributed by atoms with Crippen molar-refractivity contribution in [1.82, 2.24) is 0 Å². The van der Waals surface area contributed by atoms with Gasteiger partial charge in [-0.15, -0.1) is 0 Å². The topological polar surface area (TPSA) is 55.5 Å². The van der Waals surface area contributed by atoms with Crippen molar-refractivity contribution < 1.29 is 4.92 Å². The van der Waals surface area contributed by atoms with Crippen molar-refractivity contribution in [2.45, 2.75) is 57.4 Å². The number of aliphatic imine (C=N–C) groups is 1. The summed E-state index contributed by atoms with van der Waals surface area (Å²) in [6, 6.07) is 7.18. The number of hydrogen-bond acceptors (Lipinski definition) is 3. The smallest absolute Gasteiger partial charge is 0.270 e. The number of nitrogens with zero attached hydrogens (tertiary/aromatic N) is 2. The first-order valence-electron chi connectivity index (χ1n) is 9.21. The molecule has 1 aromatic rings. The zero-order valence-corrected chi connectivity index (χ0v) is 14.0. The van der Waals surface area contributed by atoms with Crippen LogP contribution in [0.4, 0.5) is 5.69 Å². The van der Waals surface area contributed by atoms with Crippen LogP contribution >= 0.6 is 0 Å². The highest BCUT2D eigenvalue weighted by molar-refractivity contribution is 5.80. The maximum absolute atomic E-state index is 10.9. The molecule has 24 heavy (non-hydrogen) atoms. The van der Waals surface area contributed by atoms with E-state index < -0.39 is 0 Å². The van der Waals surface area contributed by atoms with Gasteiger partial charge in [-0.25, -0.2) is 0 Å². The predicted octanol–water partition coefficient (Wildman–Crippen LogP) is 5.07. The van der Waals surface area contributed by atoms with E-state index >= 15 is 0 Å². The van der Waals surface area contributed by atoms with Gasteiger partial charge in [0.1, 0.15) is 0 Å². The molecule has 0 saturated heterocycles. The standard InChI is InChI=1S/C20H24N2O2/c23-22(24)17-8-3-5-14(11-17)13-21-20-16-7-4-10-19(20)18-9-2-1-6-15(18)12-16/h3,5,8,11,13,16,19-20H,1-2,4,6-7,9-10,12H2/t16-,19-,20+/m1/s1. The quantitative estimate of drug-likeness (QED) is 0.337. The highest BCUT2D eigenvalue weighted by Gasteiger charge is 2.40. The molecule has 4 heteroatoms. The summed E-state index contributed by atoms with van der Waals surface area (Å²) in [6.07, 6.45) is 12.3. The zero-order valence-electron chi connectivity index (χ0n) is 14.0. The molecule has 3 aliphatic carbocycles. The highest BCUT2D eigenvalue weighted by Crippen LogP contribution is 2.49. The van der Waals surface area contributed by atoms with Crippen molar-refractivity contribution in [2.75, 3.05) is 0 Å². The molecule has 1 fully saturated rings. The molecule has 0 radical (unpaired) electrons. The van der Waals surface area contributed by atoms with Crippen LogP contribution in [0, 0.1) is 22.0 Å². The predicted molar refractivity (Wildman–Crippen MR) is 95.4 cm³/mol. The number of nitro groups is 1. The number of benzene rings is 1. The first-order chi connectivity index (χ1) is 11.7. The normalized spacial score (nSPS) is 29.6. The summed E-state index contributed by atoms with van der Waals surface area (Å²) in [7, 11) is 0. The van der Waals surface area contributed by atoms with Crippen LogP contribution in [0.25, 0.3) is 0 Å². The van der Waals surface area contributed by atoms with E-state index in [1.807, 2.05) is 12.3 Å². The third kappa shape index (κ3) is 2.90. The third-order valence-corrected chi connectivity index (χ3v) is 6.05. The maximum atomic E-state index is 10.9. The lowest BCUT2D eigenvalue weighted by Crippen LogP contribution is -2.38. The average molecular weight is 324 g/mol. The zero-order chi connectivity index (χ0) is 16.5. The Morgan fingerprint density at radius 1 is 1.17 bits per heavy atom. The minimum Gasteiger partial charge on any atom is -0.288 e. The lowest BCUT2D eigenvalue weighted by molar-refractivity contribution is -0.384. The molecule has 0 heterocycles. The molecule has 3 atom stereocenters. The first-order valence-corrected chi connectivity index (χ1v) is 9.21. The summed E-state index contributed by atoms with van der Waals surface area (Å²) in [5.74, 6) is 1.30. The van der Waals surface area contributed by atoms with Gasteiger partial charge in [0.05, 0.1) is 11.0 Å². The summed E-state index contributed by atoms with van der Waals surface area (Å²) in [6.45, 7) is 0. The summed E-state index contributed by atoms with van der Waals surface area (Å²) < 4.78 is 0. The maximum Gasteiger partial charge on any atom is 0.270 e. The molecule has 0 spiro atoms. The molecule has 0 amide bonds. The highest BCUT2D eigenvalue weighted by atomic mass is 16.6. The molecule has 2 bridgehead atoms. The van der Waals surface area contributed by atoms with Gasteiger partial charge in [-0.05, 0) is 56.4 Å². The molecular formula is C20H24N2O2. The van der Waals surface area contributed by atoms with Gasteiger partial charge >= 0.3 is 0 Å². The van der Waals surface area contributed by atoms with E-state index in [9.17, 15) is 10.1 Å². The Kier molecular flexibility index (Phi) is 4.21. The molecule has 3 aliphatic rings. The van der Waals surface area contributed by atoms with Crippen LogP contribution in [-0.4, -0.2) is 17.2 Å². The van der Waals surface area contributed by atoms with E-state index in [0.29, 0.717) is 17.9 Å². The van der Waals surface area contributed by atoms with Gasteiger partial charge in [0, 0.05) is 24.3 Å². The molecule has 4 rings (SSSR count). The van der Waals surface area contributed by atoms with Crippen molar-refractivity contribution in [3.05, 3.63) is 51.1 Å². The summed E-state index contributed by atoms with van der Waals surface area (Å²) in [4.78, 5) is 15.5. The molecule has 4 nitrogen and oxygen atoms in total. The van der Waals surface area contributed by atoms with Crippen LogP contribution < -0.4 is 0 Å². The summed E-state index contributed by atoms with van der Waals surface area (Å²) in [5, 5.41) is 10.9. The van der Waals surface area contributed by atoms with E-state index in [1.165, 1.54) is 57.4 Å². The SMILES string of the molecule is O=[N+]([O-])c1cccc(C=N[C@H]2[C@@H]3CCC[C@@H]2C2=C(CCCC2)C3)c1. The van der Waals surface area contributed by atoms with Crippen LogP contribution in [-0.2, 0) is 0 Å². The Balaban J connectivity index is 1.59. The van der Waals surface area contributed by atoms with Gasteiger partial charge < -0.3 is 0 Å². The minimum atomic E-state index is -0.341. The second kappa shape index (κ2) is 6.50. The van der Waals surface area contributed by atoms with Gasteiger partial charge in [0.15, 0.2) is 0 Å². The van der Waals surface area contributed by atoms with E-state index in [-0.39, 0.29) is 10.6 Å². The number of nitro benzene ring substituents is 1. The van der Waals surface area contributed by atoms with Crippen molar-refractivity contribution in [3.8, 4) is 0 Å². The Morgan fingerprint density at radius 2 is 2.04 bits per heavy atom. The van der Waals surface area contributed by atoms with E-state index in [4.69, 9.17) is 4.99 Å². The number of non-ortho nitro benzene ring substituents is 1. The third-order valence-electron chi connectivity index (χ3n) is 6.05. The first kappa shape index (κ1) is 15.6. The molecule has 0 unspecified atom stereocenters. The fourth-order valence-corrected chi connectivity index (χ4v) is 4.98. The van der Waals surface area contributed by atoms with E-state index in [0.717, 1.165) is 5.56 Å². The monoisotopic (exact) mass is 324 g/mol. The molecule has 1 aromatic carbocycles. The van der Waals surface area contributed by atoms with Crippen LogP contribution in [0.3, 0.4) is 0 Å². The fourth-order valence-electron chi connectivity index (χ4n) is 4.98. The second-order valence-electron chi connectivity index (χ2n) is 7.46. The van der Waals surface area contributed by atoms with E-state index in [2.05, 4.69) is 0 Å². The largest absolute Gasteiger partial charge is 0.288 e. The molecule has 0 aromatic heterocycles. The Labute approximate surface area is 142 Å². The fraction of sp³-hybridized carbons (Fsp3) is 0.550. The summed E-state index contributed by atoms with van der Waals surface area (Å²) >= 11 is 0. The van der Waals surface area contributed by atoms with Gasteiger partial charge in [-0.3, -0.25) is 15.1 Å². The number of allylic oxidation sites excluding steroid dienone is 1. The van der Waals surface area contributed by atoms with Crippen LogP contribution in [0.1, 0.15) is 56.9 Å². The molecule has 126 valence electrons. The average Bonchev–Trinajstić information content (AvgIpc) is 2.60. The number of hydrogen-bond donors (Lipinski definition) is 0. The molecule has 1 saturated carbocycles. The van der Waals surface area contributed by atoms with E-state index in [1.54, 1.807) is 23.3 Å². The molecule has 0 aliphatic heterocycles. The van der Waals surface area contributed by atoms with Crippen LogP contribution in [0.15, 0.2) is 40.4 Å².